The SMILES string of the molecule is CSCCCCCNC(=O)CC#N. The summed E-state index contributed by atoms with van der Waals surface area (Å²) in [7, 11) is 0. The lowest BCUT2D eigenvalue weighted by atomic mass is 10.2. The van der Waals surface area contributed by atoms with Crippen LogP contribution in [0.25, 0.3) is 0 Å². The van der Waals surface area contributed by atoms with Crippen LogP contribution in [0.1, 0.15) is 25.7 Å². The molecule has 3 nitrogen and oxygen atoms in total. The number of hydrogen-bond donors (Lipinski definition) is 1. The summed E-state index contributed by atoms with van der Waals surface area (Å²) < 4.78 is 0. The molecule has 4 heteroatoms. The van der Waals surface area contributed by atoms with Crippen molar-refractivity contribution in [2.24, 2.45) is 0 Å². The smallest absolute Gasteiger partial charge is 0.234 e. The van der Waals surface area contributed by atoms with Gasteiger partial charge < -0.3 is 5.32 Å². The van der Waals surface area contributed by atoms with Gasteiger partial charge in [-0.3, -0.25) is 4.79 Å². The molecule has 74 valence electrons. The molecule has 0 aliphatic carbocycles. The number of carbonyl (C=O) groups is 1. The van der Waals surface area contributed by atoms with E-state index in [9.17, 15) is 4.79 Å². The van der Waals surface area contributed by atoms with E-state index in [1.165, 1.54) is 12.2 Å². The molecule has 0 spiro atoms. The van der Waals surface area contributed by atoms with Crippen molar-refractivity contribution in [1.29, 1.82) is 5.26 Å². The second kappa shape index (κ2) is 9.40. The van der Waals surface area contributed by atoms with Crippen molar-refractivity contribution in [3.8, 4) is 6.07 Å². The topological polar surface area (TPSA) is 52.9 Å². The first-order valence-electron chi connectivity index (χ1n) is 4.44. The van der Waals surface area contributed by atoms with Crippen LogP contribution < -0.4 is 5.32 Å². The van der Waals surface area contributed by atoms with Gasteiger partial charge in [-0.25, -0.2) is 0 Å². The zero-order valence-corrected chi connectivity index (χ0v) is 8.82. The molecule has 0 aromatic carbocycles. The van der Waals surface area contributed by atoms with Gasteiger partial charge in [0, 0.05) is 6.54 Å². The monoisotopic (exact) mass is 200 g/mol. The molecule has 0 atom stereocenters. The third-order valence-corrected chi connectivity index (χ3v) is 2.28. The van der Waals surface area contributed by atoms with Gasteiger partial charge in [-0.1, -0.05) is 6.42 Å². The molecule has 0 heterocycles. The van der Waals surface area contributed by atoms with Crippen LogP contribution in [-0.4, -0.2) is 24.5 Å². The molecule has 0 aliphatic heterocycles. The fourth-order valence-electron chi connectivity index (χ4n) is 0.910. The Morgan fingerprint density at radius 3 is 2.85 bits per heavy atom. The highest BCUT2D eigenvalue weighted by Gasteiger charge is 1.97. The quantitative estimate of drug-likeness (QED) is 0.634. The van der Waals surface area contributed by atoms with Crippen molar-refractivity contribution >= 4 is 17.7 Å². The molecule has 1 N–H and O–H groups in total. The Labute approximate surface area is 83.9 Å². The van der Waals surface area contributed by atoms with Gasteiger partial charge in [0.25, 0.3) is 0 Å². The summed E-state index contributed by atoms with van der Waals surface area (Å²) in [6, 6.07) is 1.81. The van der Waals surface area contributed by atoms with Gasteiger partial charge in [0.15, 0.2) is 0 Å². The minimum Gasteiger partial charge on any atom is -0.355 e. The third kappa shape index (κ3) is 9.22. The largest absolute Gasteiger partial charge is 0.355 e. The van der Waals surface area contributed by atoms with E-state index in [2.05, 4.69) is 11.6 Å². The molecule has 0 rings (SSSR count). The highest BCUT2D eigenvalue weighted by atomic mass is 32.2. The Morgan fingerprint density at radius 2 is 2.23 bits per heavy atom. The van der Waals surface area contributed by atoms with E-state index in [0.29, 0.717) is 6.54 Å². The van der Waals surface area contributed by atoms with Crippen LogP contribution >= 0.6 is 11.8 Å². The molecule has 0 saturated carbocycles. The van der Waals surface area contributed by atoms with E-state index >= 15 is 0 Å². The van der Waals surface area contributed by atoms with E-state index in [0.717, 1.165) is 12.8 Å². The molecular formula is C9H16N2OS. The fraction of sp³-hybridized carbons (Fsp3) is 0.778. The van der Waals surface area contributed by atoms with Crippen molar-refractivity contribution in [2.75, 3.05) is 18.6 Å². The van der Waals surface area contributed by atoms with E-state index in [-0.39, 0.29) is 12.3 Å². The second-order valence-electron chi connectivity index (χ2n) is 2.74. The first kappa shape index (κ1) is 12.3. The number of hydrogen-bond acceptors (Lipinski definition) is 3. The van der Waals surface area contributed by atoms with Crippen molar-refractivity contribution in [3.05, 3.63) is 0 Å². The highest BCUT2D eigenvalue weighted by molar-refractivity contribution is 7.98. The normalized spacial score (nSPS) is 9.23. The van der Waals surface area contributed by atoms with Crippen molar-refractivity contribution in [1.82, 2.24) is 5.32 Å². The Bertz CT molecular complexity index is 177. The summed E-state index contributed by atoms with van der Waals surface area (Å²) in [4.78, 5) is 10.8. The average Bonchev–Trinajstić information content (AvgIpc) is 2.11. The molecular weight excluding hydrogens is 184 g/mol. The number of carbonyl (C=O) groups excluding carboxylic acids is 1. The molecule has 0 bridgehead atoms. The molecule has 0 fully saturated rings. The molecule has 13 heavy (non-hydrogen) atoms. The zero-order chi connectivity index (χ0) is 9.94. The minimum atomic E-state index is -0.160. The van der Waals surface area contributed by atoms with Crippen LogP contribution in [0.3, 0.4) is 0 Å². The molecule has 0 aliphatic rings. The van der Waals surface area contributed by atoms with Crippen LogP contribution in [0.15, 0.2) is 0 Å². The lowest BCUT2D eigenvalue weighted by Gasteiger charge is -2.01. The zero-order valence-electron chi connectivity index (χ0n) is 8.01. The first-order valence-corrected chi connectivity index (χ1v) is 5.83. The van der Waals surface area contributed by atoms with E-state index in [1.807, 2.05) is 17.8 Å². The Hall–Kier alpha value is -0.690. The molecule has 1 amide bonds. The maximum Gasteiger partial charge on any atom is 0.234 e. The van der Waals surface area contributed by atoms with Crippen LogP contribution in [-0.2, 0) is 4.79 Å². The molecule has 0 radical (unpaired) electrons. The first-order chi connectivity index (χ1) is 6.31. The molecule has 0 aromatic heterocycles. The van der Waals surface area contributed by atoms with Crippen LogP contribution in [0.4, 0.5) is 0 Å². The lowest BCUT2D eigenvalue weighted by Crippen LogP contribution is -2.23. The number of unbranched alkanes of at least 4 members (excludes halogenated alkanes) is 2. The Morgan fingerprint density at radius 1 is 1.46 bits per heavy atom. The number of thioether (sulfide) groups is 1. The number of nitrogens with zero attached hydrogens (tertiary/aromatic N) is 1. The number of amides is 1. The predicted octanol–water partition coefficient (Wildman–Crippen LogP) is 1.55. The third-order valence-electron chi connectivity index (χ3n) is 1.59. The van der Waals surface area contributed by atoms with Crippen molar-refractivity contribution in [2.45, 2.75) is 25.7 Å². The minimum absolute atomic E-state index is 0.0230. The second-order valence-corrected chi connectivity index (χ2v) is 3.72. The predicted molar refractivity (Wildman–Crippen MR) is 55.5 cm³/mol. The highest BCUT2D eigenvalue weighted by Crippen LogP contribution is 2.01. The summed E-state index contributed by atoms with van der Waals surface area (Å²) >= 11 is 1.84. The molecule has 0 unspecified atom stereocenters. The Kier molecular flexibility index (Phi) is 8.90. The van der Waals surface area contributed by atoms with Crippen LogP contribution in [0.5, 0.6) is 0 Å². The van der Waals surface area contributed by atoms with E-state index in [4.69, 9.17) is 5.26 Å². The van der Waals surface area contributed by atoms with Gasteiger partial charge in [-0.05, 0) is 24.9 Å². The average molecular weight is 200 g/mol. The van der Waals surface area contributed by atoms with Crippen LogP contribution in [0, 0.1) is 11.3 Å². The summed E-state index contributed by atoms with van der Waals surface area (Å²) in [5.41, 5.74) is 0. The standard InChI is InChI=1S/C9H16N2OS/c1-13-8-4-2-3-7-11-9(12)5-6-10/h2-5,7-8H2,1H3,(H,11,12). The number of nitriles is 1. The van der Waals surface area contributed by atoms with E-state index in [1.54, 1.807) is 0 Å². The summed E-state index contributed by atoms with van der Waals surface area (Å²) in [5, 5.41) is 10.9. The summed E-state index contributed by atoms with van der Waals surface area (Å²) in [5.74, 6) is 1.03. The molecule has 0 aromatic rings. The number of nitrogens with one attached hydrogen (secondary N) is 1. The summed E-state index contributed by atoms with van der Waals surface area (Å²) in [6.07, 6.45) is 5.43. The van der Waals surface area contributed by atoms with Gasteiger partial charge in [0.2, 0.25) is 5.91 Å². The summed E-state index contributed by atoms with van der Waals surface area (Å²) in [6.45, 7) is 0.703. The van der Waals surface area contributed by atoms with Gasteiger partial charge in [0.1, 0.15) is 6.42 Å². The van der Waals surface area contributed by atoms with Crippen molar-refractivity contribution in [3.63, 3.8) is 0 Å². The fourth-order valence-corrected chi connectivity index (χ4v) is 1.40. The van der Waals surface area contributed by atoms with Gasteiger partial charge in [-0.2, -0.15) is 17.0 Å². The van der Waals surface area contributed by atoms with Gasteiger partial charge in [0.05, 0.1) is 6.07 Å². The van der Waals surface area contributed by atoms with Crippen molar-refractivity contribution < 1.29 is 4.79 Å². The number of rotatable bonds is 7. The van der Waals surface area contributed by atoms with Gasteiger partial charge in [-0.15, -0.1) is 0 Å². The van der Waals surface area contributed by atoms with Crippen LogP contribution in [0.2, 0.25) is 0 Å². The molecule has 0 saturated heterocycles. The lowest BCUT2D eigenvalue weighted by molar-refractivity contribution is -0.120. The maximum atomic E-state index is 10.8. The van der Waals surface area contributed by atoms with Gasteiger partial charge >= 0.3 is 0 Å². The maximum absolute atomic E-state index is 10.8. The van der Waals surface area contributed by atoms with E-state index < -0.39 is 0 Å². The Balaban J connectivity index is 3.08.